The number of carboxylic acid groups (broad SMARTS) is 1. The molecule has 14 heteroatoms. The van der Waals surface area contributed by atoms with Crippen molar-refractivity contribution in [3.63, 3.8) is 0 Å². The highest BCUT2D eigenvalue weighted by atomic mass is 19.4. The van der Waals surface area contributed by atoms with Crippen LogP contribution >= 0.6 is 0 Å². The molecule has 1 spiro atoms. The molecular weight excluding hydrogens is 653 g/mol. The van der Waals surface area contributed by atoms with Crippen molar-refractivity contribution in [1.29, 1.82) is 0 Å². The summed E-state index contributed by atoms with van der Waals surface area (Å²) in [6.07, 6.45) is 3.84. The van der Waals surface area contributed by atoms with Gasteiger partial charge in [-0.1, -0.05) is 6.92 Å². The first kappa shape index (κ1) is 33.0. The number of hydrogen-bond donors (Lipinski definition) is 2. The van der Waals surface area contributed by atoms with E-state index in [0.717, 1.165) is 43.1 Å². The molecule has 1 amide bonds. The van der Waals surface area contributed by atoms with Gasteiger partial charge in [-0.2, -0.15) is 18.3 Å². The van der Waals surface area contributed by atoms with Gasteiger partial charge in [-0.05, 0) is 98.4 Å². The smallest absolute Gasteiger partial charge is 0.434 e. The van der Waals surface area contributed by atoms with Gasteiger partial charge in [0.25, 0.3) is 5.91 Å². The zero-order valence-electron chi connectivity index (χ0n) is 28.1. The van der Waals surface area contributed by atoms with Crippen molar-refractivity contribution >= 4 is 23.5 Å². The van der Waals surface area contributed by atoms with Crippen LogP contribution in [0.1, 0.15) is 84.7 Å². The fourth-order valence-corrected chi connectivity index (χ4v) is 9.55. The van der Waals surface area contributed by atoms with Crippen LogP contribution in [0.25, 0.3) is 0 Å². The molecule has 0 radical (unpaired) electrons. The molecule has 3 fully saturated rings. The Bertz CT molecular complexity index is 1840. The summed E-state index contributed by atoms with van der Waals surface area (Å²) < 4.78 is 58.0. The van der Waals surface area contributed by atoms with Gasteiger partial charge in [-0.25, -0.2) is 14.8 Å². The molecule has 2 bridgehead atoms. The molecule has 5 aliphatic rings. The topological polar surface area (TPSA) is 132 Å². The molecule has 2 saturated carbocycles. The highest BCUT2D eigenvalue weighted by Crippen LogP contribution is 2.52. The molecule has 2 aromatic heterocycles. The number of ether oxygens (including phenoxy) is 2. The molecule has 50 heavy (non-hydrogen) atoms. The third kappa shape index (κ3) is 5.59. The third-order valence-electron chi connectivity index (χ3n) is 11.8. The fourth-order valence-electron chi connectivity index (χ4n) is 9.55. The van der Waals surface area contributed by atoms with Crippen LogP contribution in [-0.2, 0) is 41.0 Å². The summed E-state index contributed by atoms with van der Waals surface area (Å²) in [5.41, 5.74) is -0.336. The van der Waals surface area contributed by atoms with Crippen LogP contribution in [-0.4, -0.2) is 68.1 Å². The first-order valence-corrected chi connectivity index (χ1v) is 17.5. The number of halogens is 3. The largest absolute Gasteiger partial charge is 0.490 e. The molecule has 1 saturated heterocycles. The van der Waals surface area contributed by atoms with Crippen molar-refractivity contribution in [3.05, 3.63) is 58.7 Å². The van der Waals surface area contributed by atoms with E-state index in [4.69, 9.17) is 9.47 Å². The molecule has 2 N–H and O–H groups in total. The Labute approximate surface area is 287 Å². The summed E-state index contributed by atoms with van der Waals surface area (Å²) >= 11 is 0. The molecule has 3 aliphatic carbocycles. The number of aliphatic carboxylic acids is 1. The standard InChI is InChI=1S/C36H41F3N6O5/c1-20-11-21-13-23(12-20)35(16-21,32(47)48)42-31(46)26-17-40-33(41-30(26)36(37,38)39)45-19-34(7-9-49-10-8-34)27-15-25(4-6-29(27)45)50-24-3-5-28-22(14-24)18-44(2)43-28/h4,6,15,17-18,20-21,23-24H,3,5,7-14,16,19H2,1-2H3,(H,42,46)(H,47,48). The number of benzene rings is 1. The minimum atomic E-state index is -4.99. The van der Waals surface area contributed by atoms with Crippen LogP contribution in [0.5, 0.6) is 5.75 Å². The molecule has 2 aliphatic heterocycles. The Hall–Kier alpha value is -4.20. The number of anilines is 2. The maximum atomic E-state index is 14.7. The maximum Gasteiger partial charge on any atom is 0.434 e. The normalized spacial score (nSPS) is 28.3. The lowest BCUT2D eigenvalue weighted by Gasteiger charge is -2.34. The van der Waals surface area contributed by atoms with Crippen molar-refractivity contribution in [2.24, 2.45) is 24.8 Å². The minimum Gasteiger partial charge on any atom is -0.490 e. The molecule has 266 valence electrons. The Kier molecular flexibility index (Phi) is 7.88. The van der Waals surface area contributed by atoms with Crippen LogP contribution in [0.3, 0.4) is 0 Å². The van der Waals surface area contributed by atoms with Crippen LogP contribution in [0.4, 0.5) is 24.8 Å². The number of nitrogens with zero attached hydrogens (tertiary/aromatic N) is 5. The number of fused-ring (bicyclic) bond motifs is 5. The number of amides is 1. The zero-order chi connectivity index (χ0) is 35.0. The second-order valence-electron chi connectivity index (χ2n) is 15.2. The van der Waals surface area contributed by atoms with E-state index in [2.05, 4.69) is 20.4 Å². The number of carbonyl (C=O) groups is 2. The summed E-state index contributed by atoms with van der Waals surface area (Å²) in [5, 5.41) is 17.4. The predicted octanol–water partition coefficient (Wildman–Crippen LogP) is 5.37. The van der Waals surface area contributed by atoms with Gasteiger partial charge < -0.3 is 24.8 Å². The number of carboxylic acids is 1. The molecule has 11 nitrogen and oxygen atoms in total. The molecule has 5 unspecified atom stereocenters. The van der Waals surface area contributed by atoms with E-state index in [-0.39, 0.29) is 36.2 Å². The number of alkyl halides is 3. The Balaban J connectivity index is 1.10. The number of carbonyl (C=O) groups excluding carboxylic acids is 1. The van der Waals surface area contributed by atoms with Gasteiger partial charge in [0.2, 0.25) is 5.95 Å². The van der Waals surface area contributed by atoms with Crippen LogP contribution in [0.15, 0.2) is 30.6 Å². The Morgan fingerprint density at radius 3 is 2.72 bits per heavy atom. The SMILES string of the molecule is CC1CC2CC(C1)C(NC(=O)c1cnc(N3CC4(CCOCC4)c4cc(OC5CCc6nn(C)cc6C5)ccc43)nc1C(F)(F)F)(C(=O)O)C2. The van der Waals surface area contributed by atoms with Gasteiger partial charge in [-0.3, -0.25) is 9.48 Å². The molecule has 4 heterocycles. The van der Waals surface area contributed by atoms with Crippen molar-refractivity contribution < 1.29 is 37.3 Å². The fraction of sp³-hybridized carbons (Fsp3) is 0.583. The first-order valence-electron chi connectivity index (χ1n) is 17.5. The van der Waals surface area contributed by atoms with Crippen LogP contribution < -0.4 is 15.0 Å². The first-order chi connectivity index (χ1) is 23.8. The number of aryl methyl sites for hydroxylation is 2. The van der Waals surface area contributed by atoms with E-state index in [9.17, 15) is 27.9 Å². The summed E-state index contributed by atoms with van der Waals surface area (Å²) in [4.78, 5) is 36.2. The predicted molar refractivity (Wildman–Crippen MR) is 174 cm³/mol. The highest BCUT2D eigenvalue weighted by Gasteiger charge is 2.57. The maximum absolute atomic E-state index is 14.7. The minimum absolute atomic E-state index is 0.0308. The highest BCUT2D eigenvalue weighted by molar-refractivity contribution is 5.99. The Morgan fingerprint density at radius 2 is 1.96 bits per heavy atom. The number of rotatable bonds is 6. The van der Waals surface area contributed by atoms with E-state index in [1.165, 1.54) is 5.56 Å². The lowest BCUT2D eigenvalue weighted by atomic mass is 9.76. The molecular formula is C36H41F3N6O5. The van der Waals surface area contributed by atoms with Gasteiger partial charge in [0.15, 0.2) is 5.69 Å². The monoisotopic (exact) mass is 694 g/mol. The average molecular weight is 695 g/mol. The van der Waals surface area contributed by atoms with E-state index < -0.39 is 40.3 Å². The average Bonchev–Trinajstić information content (AvgIpc) is 3.68. The molecule has 5 atom stereocenters. The molecule has 1 aromatic carbocycles. The number of nitrogens with one attached hydrogen (secondary N) is 1. The van der Waals surface area contributed by atoms with E-state index in [1.54, 1.807) is 4.90 Å². The summed E-state index contributed by atoms with van der Waals surface area (Å²) in [5.74, 6) is -1.82. The van der Waals surface area contributed by atoms with Crippen LogP contribution in [0, 0.1) is 17.8 Å². The van der Waals surface area contributed by atoms with Crippen molar-refractivity contribution in [2.75, 3.05) is 24.7 Å². The van der Waals surface area contributed by atoms with Gasteiger partial charge in [-0.15, -0.1) is 0 Å². The van der Waals surface area contributed by atoms with Gasteiger partial charge >= 0.3 is 12.1 Å². The van der Waals surface area contributed by atoms with Crippen molar-refractivity contribution in [2.45, 2.75) is 87.9 Å². The second-order valence-corrected chi connectivity index (χ2v) is 15.2. The third-order valence-corrected chi connectivity index (χ3v) is 11.8. The quantitative estimate of drug-likeness (QED) is 0.350. The van der Waals surface area contributed by atoms with Gasteiger partial charge in [0.1, 0.15) is 17.4 Å². The van der Waals surface area contributed by atoms with E-state index in [0.29, 0.717) is 56.9 Å². The summed E-state index contributed by atoms with van der Waals surface area (Å²) in [6, 6.07) is 5.68. The second kappa shape index (κ2) is 12.0. The summed E-state index contributed by atoms with van der Waals surface area (Å²) in [7, 11) is 1.91. The number of aromatic nitrogens is 4. The lowest BCUT2D eigenvalue weighted by Crippen LogP contribution is -2.57. The van der Waals surface area contributed by atoms with Crippen molar-refractivity contribution in [3.8, 4) is 5.75 Å². The van der Waals surface area contributed by atoms with Gasteiger partial charge in [0, 0.05) is 56.7 Å². The lowest BCUT2D eigenvalue weighted by molar-refractivity contribution is -0.146. The van der Waals surface area contributed by atoms with E-state index in [1.807, 2.05) is 43.0 Å². The zero-order valence-corrected chi connectivity index (χ0v) is 28.1. The van der Waals surface area contributed by atoms with Gasteiger partial charge in [0.05, 0.1) is 11.3 Å². The van der Waals surface area contributed by atoms with E-state index >= 15 is 0 Å². The summed E-state index contributed by atoms with van der Waals surface area (Å²) in [6.45, 7) is 3.38. The Morgan fingerprint density at radius 1 is 1.16 bits per heavy atom. The van der Waals surface area contributed by atoms with Crippen LogP contribution in [0.2, 0.25) is 0 Å². The molecule has 8 rings (SSSR count). The van der Waals surface area contributed by atoms with Crippen molar-refractivity contribution in [1.82, 2.24) is 25.1 Å². The molecule has 3 aromatic rings. The number of hydrogen-bond acceptors (Lipinski definition) is 8.